The Morgan fingerprint density at radius 2 is 2.20 bits per heavy atom. The summed E-state index contributed by atoms with van der Waals surface area (Å²) in [6, 6.07) is 0. The molecule has 1 N–H and O–H groups in total. The number of nitrogens with zero attached hydrogens (tertiary/aromatic N) is 1. The monoisotopic (exact) mass is 284 g/mol. The fraction of sp³-hybridized carbons (Fsp3) is 0.938. The van der Waals surface area contributed by atoms with Crippen LogP contribution in [0.3, 0.4) is 0 Å². The van der Waals surface area contributed by atoms with Crippen molar-refractivity contribution in [3.8, 4) is 0 Å². The van der Waals surface area contributed by atoms with E-state index in [1.165, 1.54) is 39.5 Å². The van der Waals surface area contributed by atoms with Gasteiger partial charge in [-0.25, -0.2) is 0 Å². The average molecular weight is 284 g/mol. The molecule has 2 unspecified atom stereocenters. The number of piperidine rings is 1. The molecule has 1 heterocycles. The molecule has 1 aliphatic heterocycles. The maximum atomic E-state index is 11.9. The first-order valence-corrected chi connectivity index (χ1v) is 8.11. The largest absolute Gasteiger partial charge is 0.468 e. The molecule has 0 spiro atoms. The van der Waals surface area contributed by atoms with Gasteiger partial charge in [-0.2, -0.15) is 0 Å². The van der Waals surface area contributed by atoms with E-state index in [4.69, 9.17) is 4.74 Å². The summed E-state index contributed by atoms with van der Waals surface area (Å²) in [7, 11) is 1.47. The molecule has 2 atom stereocenters. The Morgan fingerprint density at radius 3 is 2.80 bits per heavy atom. The van der Waals surface area contributed by atoms with Gasteiger partial charge in [-0.05, 0) is 58.2 Å². The van der Waals surface area contributed by atoms with E-state index in [0.717, 1.165) is 31.8 Å². The molecule has 118 valence electrons. The third kappa shape index (κ3) is 5.06. The predicted molar refractivity (Wildman–Crippen MR) is 82.8 cm³/mol. The second-order valence-corrected chi connectivity index (χ2v) is 6.17. The van der Waals surface area contributed by atoms with E-state index in [-0.39, 0.29) is 5.97 Å². The summed E-state index contributed by atoms with van der Waals surface area (Å²) in [4.78, 5) is 14.5. The molecule has 1 saturated heterocycles. The van der Waals surface area contributed by atoms with Crippen LogP contribution >= 0.6 is 0 Å². The maximum absolute atomic E-state index is 11.9. The molecule has 0 bridgehead atoms. The van der Waals surface area contributed by atoms with E-state index in [1.54, 1.807) is 0 Å². The highest BCUT2D eigenvalue weighted by Crippen LogP contribution is 2.21. The van der Waals surface area contributed by atoms with Gasteiger partial charge in [0, 0.05) is 6.54 Å². The van der Waals surface area contributed by atoms with Crippen LogP contribution in [0.25, 0.3) is 0 Å². The SMILES string of the molecule is CCNC(C)(CCCN1CCCC(CC)C1)C(=O)OC. The van der Waals surface area contributed by atoms with Gasteiger partial charge in [-0.15, -0.1) is 0 Å². The minimum Gasteiger partial charge on any atom is -0.468 e. The number of ether oxygens (including phenoxy) is 1. The lowest BCUT2D eigenvalue weighted by Gasteiger charge is -2.33. The van der Waals surface area contributed by atoms with Gasteiger partial charge < -0.3 is 15.0 Å². The summed E-state index contributed by atoms with van der Waals surface area (Å²) >= 11 is 0. The van der Waals surface area contributed by atoms with Gasteiger partial charge in [-0.1, -0.05) is 20.3 Å². The summed E-state index contributed by atoms with van der Waals surface area (Å²) in [5, 5.41) is 3.27. The van der Waals surface area contributed by atoms with Gasteiger partial charge in [0.05, 0.1) is 7.11 Å². The Kier molecular flexibility index (Phi) is 7.52. The molecule has 0 radical (unpaired) electrons. The number of carbonyl (C=O) groups excluding carboxylic acids is 1. The number of methoxy groups -OCH3 is 1. The van der Waals surface area contributed by atoms with E-state index < -0.39 is 5.54 Å². The lowest BCUT2D eigenvalue weighted by Crippen LogP contribution is -2.50. The lowest BCUT2D eigenvalue weighted by molar-refractivity contribution is -0.148. The van der Waals surface area contributed by atoms with E-state index >= 15 is 0 Å². The number of hydrogen-bond donors (Lipinski definition) is 1. The van der Waals surface area contributed by atoms with Crippen molar-refractivity contribution in [3.05, 3.63) is 0 Å². The fourth-order valence-electron chi connectivity index (χ4n) is 3.22. The van der Waals surface area contributed by atoms with Crippen LogP contribution in [0.4, 0.5) is 0 Å². The third-order valence-corrected chi connectivity index (χ3v) is 4.53. The first-order valence-electron chi connectivity index (χ1n) is 8.11. The van der Waals surface area contributed by atoms with Crippen molar-refractivity contribution >= 4 is 5.97 Å². The van der Waals surface area contributed by atoms with Crippen LogP contribution in [0.15, 0.2) is 0 Å². The molecular formula is C16H32N2O2. The molecule has 1 rings (SSSR count). The first-order chi connectivity index (χ1) is 9.55. The van der Waals surface area contributed by atoms with Crippen molar-refractivity contribution in [2.75, 3.05) is 33.3 Å². The van der Waals surface area contributed by atoms with Gasteiger partial charge in [0.1, 0.15) is 5.54 Å². The molecule has 0 aromatic rings. The van der Waals surface area contributed by atoms with E-state index in [9.17, 15) is 4.79 Å². The van der Waals surface area contributed by atoms with E-state index in [0.29, 0.717) is 0 Å². The first kappa shape index (κ1) is 17.4. The Labute approximate surface area is 124 Å². The number of esters is 1. The summed E-state index contributed by atoms with van der Waals surface area (Å²) in [6.07, 6.45) is 5.86. The van der Waals surface area contributed by atoms with Crippen molar-refractivity contribution in [2.45, 2.75) is 58.4 Å². The lowest BCUT2D eigenvalue weighted by atomic mass is 9.93. The second-order valence-electron chi connectivity index (χ2n) is 6.17. The fourth-order valence-corrected chi connectivity index (χ4v) is 3.22. The minimum atomic E-state index is -0.538. The number of likely N-dealkylation sites (N-methyl/N-ethyl adjacent to an activating group) is 1. The van der Waals surface area contributed by atoms with Crippen LogP contribution in [0.2, 0.25) is 0 Å². The normalized spacial score (nSPS) is 23.3. The van der Waals surface area contributed by atoms with Crippen LogP contribution < -0.4 is 5.32 Å². The Morgan fingerprint density at radius 1 is 1.45 bits per heavy atom. The highest BCUT2D eigenvalue weighted by Gasteiger charge is 2.33. The maximum Gasteiger partial charge on any atom is 0.325 e. The average Bonchev–Trinajstić information content (AvgIpc) is 2.46. The Balaban J connectivity index is 2.38. The van der Waals surface area contributed by atoms with Crippen LogP contribution in [-0.4, -0.2) is 49.7 Å². The molecule has 1 fully saturated rings. The summed E-state index contributed by atoms with van der Waals surface area (Å²) in [6.45, 7) is 10.6. The van der Waals surface area contributed by atoms with E-state index in [1.807, 2.05) is 13.8 Å². The summed E-state index contributed by atoms with van der Waals surface area (Å²) in [5.41, 5.74) is -0.538. The van der Waals surface area contributed by atoms with Crippen LogP contribution in [-0.2, 0) is 9.53 Å². The standard InChI is InChI=1S/C16H32N2O2/c1-5-14-9-7-11-18(13-14)12-8-10-16(3,17-6-2)15(19)20-4/h14,17H,5-13H2,1-4H3. The number of likely N-dealkylation sites (tertiary alicyclic amines) is 1. The number of nitrogens with one attached hydrogen (secondary N) is 1. The molecule has 0 saturated carbocycles. The molecule has 0 aliphatic carbocycles. The molecule has 0 amide bonds. The van der Waals surface area contributed by atoms with Crippen LogP contribution in [0, 0.1) is 5.92 Å². The summed E-state index contributed by atoms with van der Waals surface area (Å²) < 4.78 is 4.93. The van der Waals surface area contributed by atoms with Crippen molar-refractivity contribution in [1.29, 1.82) is 0 Å². The quantitative estimate of drug-likeness (QED) is 0.695. The van der Waals surface area contributed by atoms with Crippen molar-refractivity contribution in [3.63, 3.8) is 0 Å². The smallest absolute Gasteiger partial charge is 0.325 e. The van der Waals surface area contributed by atoms with Gasteiger partial charge in [0.25, 0.3) is 0 Å². The highest BCUT2D eigenvalue weighted by atomic mass is 16.5. The molecule has 1 aliphatic rings. The Hall–Kier alpha value is -0.610. The number of rotatable bonds is 8. The zero-order valence-corrected chi connectivity index (χ0v) is 13.7. The summed E-state index contributed by atoms with van der Waals surface area (Å²) in [5.74, 6) is 0.717. The molecule has 0 aromatic carbocycles. The molecular weight excluding hydrogens is 252 g/mol. The Bertz CT molecular complexity index is 296. The third-order valence-electron chi connectivity index (χ3n) is 4.53. The van der Waals surface area contributed by atoms with Crippen LogP contribution in [0.1, 0.15) is 52.9 Å². The van der Waals surface area contributed by atoms with Gasteiger partial charge in [0.15, 0.2) is 0 Å². The number of carbonyl (C=O) groups is 1. The molecule has 20 heavy (non-hydrogen) atoms. The van der Waals surface area contributed by atoms with Gasteiger partial charge in [-0.3, -0.25) is 4.79 Å². The van der Waals surface area contributed by atoms with Crippen molar-refractivity contribution in [1.82, 2.24) is 10.2 Å². The molecule has 4 heteroatoms. The van der Waals surface area contributed by atoms with Crippen LogP contribution in [0.5, 0.6) is 0 Å². The predicted octanol–water partition coefficient (Wildman–Crippen LogP) is 2.43. The molecule has 4 nitrogen and oxygen atoms in total. The van der Waals surface area contributed by atoms with Crippen molar-refractivity contribution in [2.24, 2.45) is 5.92 Å². The van der Waals surface area contributed by atoms with E-state index in [2.05, 4.69) is 17.1 Å². The number of hydrogen-bond acceptors (Lipinski definition) is 4. The second kappa shape index (κ2) is 8.63. The molecule has 0 aromatic heterocycles. The zero-order valence-electron chi connectivity index (χ0n) is 13.7. The highest BCUT2D eigenvalue weighted by molar-refractivity contribution is 5.80. The minimum absolute atomic E-state index is 0.149. The zero-order chi connectivity index (χ0) is 15.0. The van der Waals surface area contributed by atoms with Gasteiger partial charge >= 0.3 is 5.97 Å². The van der Waals surface area contributed by atoms with Crippen molar-refractivity contribution < 1.29 is 9.53 Å². The topological polar surface area (TPSA) is 41.6 Å². The van der Waals surface area contributed by atoms with Gasteiger partial charge in [0.2, 0.25) is 0 Å².